The topological polar surface area (TPSA) is 47.6 Å². The van der Waals surface area contributed by atoms with Crippen molar-refractivity contribution in [2.75, 3.05) is 45.8 Å². The van der Waals surface area contributed by atoms with Crippen LogP contribution in [-0.4, -0.2) is 67.7 Å². The van der Waals surface area contributed by atoms with E-state index in [-0.39, 0.29) is 6.03 Å². The van der Waals surface area contributed by atoms with E-state index in [0.29, 0.717) is 6.04 Å². The molecule has 1 atom stereocenters. The van der Waals surface area contributed by atoms with Gasteiger partial charge in [0.1, 0.15) is 0 Å². The van der Waals surface area contributed by atoms with Crippen LogP contribution in [-0.2, 0) is 0 Å². The fourth-order valence-electron chi connectivity index (χ4n) is 2.72. The molecule has 0 bridgehead atoms. The van der Waals surface area contributed by atoms with Crippen LogP contribution in [0.3, 0.4) is 0 Å². The first kappa shape index (κ1) is 12.6. The maximum Gasteiger partial charge on any atom is 0.317 e. The van der Waals surface area contributed by atoms with Crippen LogP contribution in [0.5, 0.6) is 0 Å². The van der Waals surface area contributed by atoms with E-state index >= 15 is 0 Å². The van der Waals surface area contributed by atoms with Gasteiger partial charge < -0.3 is 15.5 Å². The second kappa shape index (κ2) is 6.21. The Bertz CT molecular complexity index is 253. The Kier molecular flexibility index (Phi) is 4.62. The van der Waals surface area contributed by atoms with Crippen molar-refractivity contribution in [2.45, 2.75) is 25.8 Å². The molecule has 0 aromatic rings. The van der Waals surface area contributed by atoms with Crippen LogP contribution in [0.1, 0.15) is 19.8 Å². The van der Waals surface area contributed by atoms with Gasteiger partial charge >= 0.3 is 6.03 Å². The largest absolute Gasteiger partial charge is 0.336 e. The molecule has 98 valence electrons. The predicted octanol–water partition coefficient (Wildman–Crippen LogP) is 0.0855. The fraction of sp³-hybridized carbons (Fsp3) is 0.917. The first-order valence-corrected chi connectivity index (χ1v) is 6.79. The molecule has 2 rings (SSSR count). The summed E-state index contributed by atoms with van der Waals surface area (Å²) in [7, 11) is 0. The Morgan fingerprint density at radius 2 is 2.35 bits per heavy atom. The highest BCUT2D eigenvalue weighted by atomic mass is 16.2. The Hall–Kier alpha value is -0.810. The number of rotatable bonds is 5. The highest BCUT2D eigenvalue weighted by Crippen LogP contribution is 2.10. The van der Waals surface area contributed by atoms with Crippen molar-refractivity contribution in [1.82, 2.24) is 20.4 Å². The van der Waals surface area contributed by atoms with Gasteiger partial charge in [-0.2, -0.15) is 0 Å². The lowest BCUT2D eigenvalue weighted by Gasteiger charge is -2.34. The number of amides is 2. The minimum atomic E-state index is 0.0998. The maximum atomic E-state index is 11.4. The molecular weight excluding hydrogens is 216 g/mol. The molecule has 0 radical (unpaired) electrons. The molecule has 2 aliphatic rings. The van der Waals surface area contributed by atoms with Crippen LogP contribution in [0.15, 0.2) is 0 Å². The second-order valence-electron chi connectivity index (χ2n) is 4.85. The number of nitrogens with zero attached hydrogens (tertiary/aromatic N) is 2. The summed E-state index contributed by atoms with van der Waals surface area (Å²) in [4.78, 5) is 15.8. The van der Waals surface area contributed by atoms with Gasteiger partial charge in [0.05, 0.1) is 0 Å². The number of carbonyl (C=O) groups is 1. The van der Waals surface area contributed by atoms with Crippen molar-refractivity contribution in [3.63, 3.8) is 0 Å². The summed E-state index contributed by atoms with van der Waals surface area (Å²) in [6, 6.07) is 0.752. The summed E-state index contributed by atoms with van der Waals surface area (Å²) in [5.74, 6) is 0. The molecule has 5 heteroatoms. The Labute approximate surface area is 104 Å². The Morgan fingerprint density at radius 3 is 2.94 bits per heavy atom. The smallest absolute Gasteiger partial charge is 0.317 e. The summed E-state index contributed by atoms with van der Waals surface area (Å²) >= 11 is 0. The van der Waals surface area contributed by atoms with E-state index in [2.05, 4.69) is 22.5 Å². The third-order valence-corrected chi connectivity index (χ3v) is 3.80. The molecule has 2 aliphatic heterocycles. The van der Waals surface area contributed by atoms with Crippen molar-refractivity contribution >= 4 is 6.03 Å². The SMILES string of the molecule is CCN(CCN1CCNC1=O)C1CCCNC1. The zero-order valence-electron chi connectivity index (χ0n) is 10.7. The van der Waals surface area contributed by atoms with E-state index in [0.717, 1.165) is 45.8 Å². The van der Waals surface area contributed by atoms with E-state index in [1.54, 1.807) is 0 Å². The third-order valence-electron chi connectivity index (χ3n) is 3.80. The fourth-order valence-corrected chi connectivity index (χ4v) is 2.72. The van der Waals surface area contributed by atoms with Gasteiger partial charge in [0.2, 0.25) is 0 Å². The molecule has 2 heterocycles. The Balaban J connectivity index is 1.76. The van der Waals surface area contributed by atoms with E-state index in [4.69, 9.17) is 0 Å². The number of hydrogen-bond donors (Lipinski definition) is 2. The quantitative estimate of drug-likeness (QED) is 0.716. The first-order valence-electron chi connectivity index (χ1n) is 6.79. The van der Waals surface area contributed by atoms with Crippen LogP contribution in [0.2, 0.25) is 0 Å². The van der Waals surface area contributed by atoms with Crippen LogP contribution < -0.4 is 10.6 Å². The van der Waals surface area contributed by atoms with Crippen LogP contribution in [0.25, 0.3) is 0 Å². The van der Waals surface area contributed by atoms with Crippen LogP contribution in [0.4, 0.5) is 4.79 Å². The molecule has 5 nitrogen and oxygen atoms in total. The predicted molar refractivity (Wildman–Crippen MR) is 68.1 cm³/mol. The van der Waals surface area contributed by atoms with Crippen molar-refractivity contribution < 1.29 is 4.79 Å². The van der Waals surface area contributed by atoms with Crippen molar-refractivity contribution in [3.05, 3.63) is 0 Å². The third kappa shape index (κ3) is 3.33. The normalized spacial score (nSPS) is 25.4. The zero-order valence-corrected chi connectivity index (χ0v) is 10.7. The summed E-state index contributed by atoms with van der Waals surface area (Å²) < 4.78 is 0. The zero-order chi connectivity index (χ0) is 12.1. The Morgan fingerprint density at radius 1 is 1.47 bits per heavy atom. The minimum absolute atomic E-state index is 0.0998. The molecule has 0 aromatic carbocycles. The number of nitrogens with one attached hydrogen (secondary N) is 2. The monoisotopic (exact) mass is 240 g/mol. The lowest BCUT2D eigenvalue weighted by molar-refractivity contribution is 0.155. The summed E-state index contributed by atoms with van der Waals surface area (Å²) in [6.07, 6.45) is 2.55. The van der Waals surface area contributed by atoms with Gasteiger partial charge in [-0.3, -0.25) is 4.90 Å². The lowest BCUT2D eigenvalue weighted by atomic mass is 10.1. The number of carbonyl (C=O) groups excluding carboxylic acids is 1. The van der Waals surface area contributed by atoms with E-state index in [1.165, 1.54) is 12.8 Å². The molecule has 1 unspecified atom stereocenters. The summed E-state index contributed by atoms with van der Waals surface area (Å²) in [5, 5.41) is 6.30. The van der Waals surface area contributed by atoms with Gasteiger partial charge in [0, 0.05) is 38.8 Å². The summed E-state index contributed by atoms with van der Waals surface area (Å²) in [6.45, 7) is 9.05. The molecule has 0 spiro atoms. The number of likely N-dealkylation sites (N-methyl/N-ethyl adjacent to an activating group) is 1. The maximum absolute atomic E-state index is 11.4. The van der Waals surface area contributed by atoms with Gasteiger partial charge in [-0.15, -0.1) is 0 Å². The van der Waals surface area contributed by atoms with Gasteiger partial charge in [-0.25, -0.2) is 4.79 Å². The highest BCUT2D eigenvalue weighted by molar-refractivity contribution is 5.76. The first-order chi connectivity index (χ1) is 8.31. The van der Waals surface area contributed by atoms with Crippen LogP contribution >= 0.6 is 0 Å². The van der Waals surface area contributed by atoms with Gasteiger partial charge in [0.25, 0.3) is 0 Å². The van der Waals surface area contributed by atoms with Crippen LogP contribution in [0, 0.1) is 0 Å². The molecule has 0 aromatic heterocycles. The van der Waals surface area contributed by atoms with E-state index < -0.39 is 0 Å². The number of urea groups is 1. The average Bonchev–Trinajstić information content (AvgIpc) is 2.77. The van der Waals surface area contributed by atoms with E-state index in [9.17, 15) is 4.79 Å². The summed E-state index contributed by atoms with van der Waals surface area (Å²) in [5.41, 5.74) is 0. The van der Waals surface area contributed by atoms with Gasteiger partial charge in [0.15, 0.2) is 0 Å². The molecule has 0 aliphatic carbocycles. The van der Waals surface area contributed by atoms with E-state index in [1.807, 2.05) is 4.90 Å². The molecular formula is C12H24N4O. The average molecular weight is 240 g/mol. The van der Waals surface area contributed by atoms with Crippen molar-refractivity contribution in [3.8, 4) is 0 Å². The van der Waals surface area contributed by atoms with Crippen molar-refractivity contribution in [1.29, 1.82) is 0 Å². The lowest BCUT2D eigenvalue weighted by Crippen LogP contribution is -2.48. The molecule has 2 saturated heterocycles. The number of hydrogen-bond acceptors (Lipinski definition) is 3. The molecule has 2 amide bonds. The van der Waals surface area contributed by atoms with Crippen molar-refractivity contribution in [2.24, 2.45) is 0 Å². The minimum Gasteiger partial charge on any atom is -0.336 e. The molecule has 2 N–H and O–H groups in total. The standard InChI is InChI=1S/C12H24N4O/c1-2-15(11-4-3-5-13-10-11)8-9-16-7-6-14-12(16)17/h11,13H,2-10H2,1H3,(H,14,17). The molecule has 17 heavy (non-hydrogen) atoms. The molecule has 0 saturated carbocycles. The highest BCUT2D eigenvalue weighted by Gasteiger charge is 2.23. The van der Waals surface area contributed by atoms with Gasteiger partial charge in [-0.05, 0) is 25.9 Å². The second-order valence-corrected chi connectivity index (χ2v) is 4.85. The van der Waals surface area contributed by atoms with Gasteiger partial charge in [-0.1, -0.05) is 6.92 Å². The molecule has 2 fully saturated rings. The number of piperidine rings is 1.